The Morgan fingerprint density at radius 3 is 1.35 bits per heavy atom. The molecule has 8 N–H and O–H groups in total. The van der Waals surface area contributed by atoms with E-state index in [-0.39, 0.29) is 80.5 Å². The number of H-pyrrole nitrogens is 3. The number of carbonyl (C=O) groups excluding carboxylic acids is 6. The molecular formula is C111H115F4N23O11. The Hall–Kier alpha value is -15.2. The first-order valence-electron chi connectivity index (χ1n) is 50.2. The Morgan fingerprint density at radius 1 is 0.443 bits per heavy atom. The first-order chi connectivity index (χ1) is 72.3. The molecule has 0 spiro atoms. The number of alkyl halides is 3. The summed E-state index contributed by atoms with van der Waals surface area (Å²) in [5, 5.41) is 47.8. The molecule has 7 aliphatic heterocycles. The molecule has 0 radical (unpaired) electrons. The van der Waals surface area contributed by atoms with Gasteiger partial charge in [0.25, 0.3) is 17.7 Å². The number of anilines is 3. The standard InChI is InChI=1S/C38H40N8O4.C37H36FN7O4.C36H39F3N8O3/c1-50-38(36(48)42-29-9-10-31-30(22-29)34(44-43-31)27-11-17-39-32(21-27)25-3-4-25)14-18-45(24-38)23-33(47)46-19-12-37(49,13-20-46)28-7-5-26(6-8-28)35-40-15-2-16-41-35;1-48-32-20-27(38)8-10-29(32)34-30-21-28(9-11-31(30)42-43-34)41-36(47)37(49-2)14-19-44(23-37)22-33(46)45-17-12-25(13-18-45)24-4-6-26(7-5-24)35-39-15-3-16-40-35;1-50-35(34(49)43-27-7-8-29-28(20-27)32(45-44-29)26-9-15-40-30(19-26)36(37,38)39)12-18-46(22-35)21-31(48)47-16-10-24(11-17-47)23-3-5-25(6-4-23)33-41-13-2-14-42-33/h2,5-11,15-17,21-22,25,49H,3-4,12-14,18-20,23-24H2,1H3,(H,42,48)(H,43,44);3-12,15-16,20-21H,13-14,17-19,22-23H2,1-2H3,(H,41,47)(H,42,43);2-8,10,13-14,20,26,30,40H,9,11-12,15-19,21-22H2,1H3,(H,43,49)(H,44,45)/t38-;37-;26?,30?,35-/m000/s1. The van der Waals surface area contributed by atoms with Crippen LogP contribution in [0.1, 0.15) is 111 Å². The third-order valence-corrected chi connectivity index (χ3v) is 30.1. The van der Waals surface area contributed by atoms with E-state index in [1.165, 1.54) is 57.4 Å². The number of fused-ring (bicyclic) bond motifs is 3. The topological polar surface area (TPSA) is 403 Å². The Balaban J connectivity index is 0.000000135. The van der Waals surface area contributed by atoms with Gasteiger partial charge in [-0.05, 0) is 202 Å². The minimum Gasteiger partial charge on any atom is -0.496 e. The van der Waals surface area contributed by atoms with Crippen LogP contribution in [0.2, 0.25) is 0 Å². The number of benzene rings is 7. The minimum absolute atomic E-state index is 0.00667. The number of rotatable bonds is 26. The summed E-state index contributed by atoms with van der Waals surface area (Å²) in [5.74, 6) is 1.25. The van der Waals surface area contributed by atoms with Gasteiger partial charge in [-0.15, -0.1) is 0 Å². The van der Waals surface area contributed by atoms with E-state index >= 15 is 0 Å². The van der Waals surface area contributed by atoms with Crippen LogP contribution in [-0.2, 0) is 48.6 Å². The van der Waals surface area contributed by atoms with Crippen LogP contribution < -0.4 is 26.0 Å². The molecule has 1 aliphatic carbocycles. The zero-order valence-electron chi connectivity index (χ0n) is 83.0. The van der Waals surface area contributed by atoms with Crippen molar-refractivity contribution in [3.05, 3.63) is 265 Å². The second kappa shape index (κ2) is 43.7. The summed E-state index contributed by atoms with van der Waals surface area (Å²) in [6.07, 6.45) is 18.5. The Labute approximate surface area is 856 Å². The summed E-state index contributed by atoms with van der Waals surface area (Å²) in [7, 11) is 6.05. The lowest BCUT2D eigenvalue weighted by Gasteiger charge is -2.39. The molecule has 6 fully saturated rings. The maximum Gasteiger partial charge on any atom is 0.403 e. The van der Waals surface area contributed by atoms with Gasteiger partial charge in [0.2, 0.25) is 17.7 Å². The van der Waals surface area contributed by atoms with Crippen molar-refractivity contribution in [3.63, 3.8) is 0 Å². The van der Waals surface area contributed by atoms with E-state index in [0.29, 0.717) is 185 Å². The summed E-state index contributed by atoms with van der Waals surface area (Å²) in [6, 6.07) is 52.5. The van der Waals surface area contributed by atoms with E-state index in [2.05, 4.69) is 129 Å². The van der Waals surface area contributed by atoms with Crippen LogP contribution >= 0.6 is 0 Å². The van der Waals surface area contributed by atoms with E-state index in [1.807, 2.05) is 121 Å². The summed E-state index contributed by atoms with van der Waals surface area (Å²) in [6.45, 7) is 6.43. The number of likely N-dealkylation sites (tertiary alicyclic amines) is 4. The highest BCUT2D eigenvalue weighted by molar-refractivity contribution is 6.04. The number of pyridine rings is 1. The zero-order valence-corrected chi connectivity index (χ0v) is 83.0. The van der Waals surface area contributed by atoms with Crippen molar-refractivity contribution < 1.29 is 70.4 Å². The van der Waals surface area contributed by atoms with Gasteiger partial charge in [0.15, 0.2) is 34.3 Å². The Kier molecular flexibility index (Phi) is 29.7. The number of hydrogen-bond acceptors (Lipinski definition) is 25. The molecule has 2 unspecified atom stereocenters. The molecule has 1 saturated carbocycles. The summed E-state index contributed by atoms with van der Waals surface area (Å²) >= 11 is 0. The quantitative estimate of drug-likeness (QED) is 0.0233. The molecule has 5 saturated heterocycles. The number of aromatic amines is 3. The van der Waals surface area contributed by atoms with Gasteiger partial charge in [0.1, 0.15) is 29.0 Å². The lowest BCUT2D eigenvalue weighted by Crippen LogP contribution is -2.50. The molecule has 38 heteroatoms. The smallest absolute Gasteiger partial charge is 0.403 e. The van der Waals surface area contributed by atoms with Gasteiger partial charge in [-0.3, -0.25) is 63.7 Å². The molecular weight excluding hydrogens is 1910 g/mol. The van der Waals surface area contributed by atoms with Crippen LogP contribution in [0.3, 0.4) is 0 Å². The molecule has 8 aliphatic rings. The Bertz CT molecular complexity index is 7300. The molecule has 149 heavy (non-hydrogen) atoms. The third kappa shape index (κ3) is 22.4. The van der Waals surface area contributed by atoms with Crippen LogP contribution in [0.15, 0.2) is 231 Å². The van der Waals surface area contributed by atoms with Crippen molar-refractivity contribution in [1.82, 2.24) is 100 Å². The van der Waals surface area contributed by atoms with Crippen LogP contribution in [0.5, 0.6) is 5.75 Å². The molecule has 14 aromatic rings. The third-order valence-electron chi connectivity index (χ3n) is 30.1. The number of amides is 6. The Morgan fingerprint density at radius 2 is 0.893 bits per heavy atom. The average molecular weight is 2020 g/mol. The number of nitrogens with one attached hydrogen (secondary N) is 7. The number of aromatic nitrogens is 13. The van der Waals surface area contributed by atoms with Gasteiger partial charge in [0, 0.05) is 234 Å². The number of nitrogens with zero attached hydrogens (tertiary/aromatic N) is 16. The first-order valence-corrected chi connectivity index (χ1v) is 50.2. The van der Waals surface area contributed by atoms with E-state index in [4.69, 9.17) is 18.9 Å². The summed E-state index contributed by atoms with van der Waals surface area (Å²) < 4.78 is 77.0. The second-order valence-corrected chi connectivity index (χ2v) is 39.2. The number of hydrogen-bond donors (Lipinski definition) is 8. The van der Waals surface area contributed by atoms with Crippen LogP contribution in [0, 0.1) is 5.82 Å². The number of aliphatic hydroxyl groups is 1. The predicted octanol–water partition coefficient (Wildman–Crippen LogP) is 14.4. The summed E-state index contributed by atoms with van der Waals surface area (Å²) in [4.78, 5) is 123. The number of methoxy groups -OCH3 is 4. The molecule has 768 valence electrons. The molecule has 6 amide bonds. The molecule has 7 aromatic carbocycles. The number of ether oxygens (including phenoxy) is 4. The van der Waals surface area contributed by atoms with Crippen molar-refractivity contribution in [1.29, 1.82) is 0 Å². The fraction of sp³-hybridized carbons (Fsp3) is 0.351. The predicted molar refractivity (Wildman–Crippen MR) is 554 cm³/mol. The maximum absolute atomic E-state index is 13.8. The maximum atomic E-state index is 13.8. The first kappa shape index (κ1) is 101. The number of halogens is 4. The van der Waals surface area contributed by atoms with Gasteiger partial charge in [-0.25, -0.2) is 34.3 Å². The van der Waals surface area contributed by atoms with Crippen molar-refractivity contribution in [2.75, 3.05) is 149 Å². The van der Waals surface area contributed by atoms with Gasteiger partial charge in [-0.1, -0.05) is 84.9 Å². The van der Waals surface area contributed by atoms with Gasteiger partial charge < -0.3 is 60.0 Å². The van der Waals surface area contributed by atoms with E-state index in [0.717, 1.165) is 85.0 Å². The van der Waals surface area contributed by atoms with Crippen LogP contribution in [0.4, 0.5) is 34.6 Å². The largest absolute Gasteiger partial charge is 0.496 e. The SMILES string of the molecule is CO[C@@]1(C(=O)Nc2ccc3[nH]nc(-c4ccnc(C5CC5)c4)c3c2)CCN(CC(=O)N2CCC(O)(c3ccc(-c4ncccn4)cc3)CC2)C1.CO[C@@]1(C(=O)Nc2ccc3n[nH]c(C4CCNC(C(F)(F)F)C4)c3c2)CCN(CC(=O)N2CC=C(c3ccc(-c4ncccn4)cc3)CC2)C1.COc1cc(F)ccc1-c1n[nH]c2ccc(NC(=O)[C@]3(OC)CCN(CC(=O)N4CC=C(c5ccc(-c6ncccn6)cc5)CC4)C3)cc12. The van der Waals surface area contributed by atoms with E-state index in [1.54, 1.807) is 92.8 Å². The number of carbonyl (C=O) groups is 6. The number of piperidine rings is 2. The molecule has 34 nitrogen and oxygen atoms in total. The molecule has 22 rings (SSSR count). The lowest BCUT2D eigenvalue weighted by atomic mass is 9.84. The highest BCUT2D eigenvalue weighted by atomic mass is 19.4. The highest BCUT2D eigenvalue weighted by Gasteiger charge is 2.50. The highest BCUT2D eigenvalue weighted by Crippen LogP contribution is 2.44. The average Bonchev–Trinajstić information content (AvgIpc) is 1.36. The summed E-state index contributed by atoms with van der Waals surface area (Å²) in [5.41, 5.74) is 12.6. The van der Waals surface area contributed by atoms with Crippen LogP contribution in [-0.4, -0.2) is 298 Å². The van der Waals surface area contributed by atoms with Gasteiger partial charge in [-0.2, -0.15) is 28.5 Å². The van der Waals surface area contributed by atoms with Crippen molar-refractivity contribution in [2.24, 2.45) is 0 Å². The minimum atomic E-state index is -4.33. The van der Waals surface area contributed by atoms with Crippen LogP contribution in [0.25, 0.3) is 101 Å². The molecule has 7 aromatic heterocycles. The lowest BCUT2D eigenvalue weighted by molar-refractivity contribution is -0.161. The molecule has 0 bridgehead atoms. The fourth-order valence-corrected chi connectivity index (χ4v) is 21.1. The molecule has 14 heterocycles. The van der Waals surface area contributed by atoms with Gasteiger partial charge in [0.05, 0.1) is 48.9 Å². The second-order valence-electron chi connectivity index (χ2n) is 39.2. The van der Waals surface area contributed by atoms with Crippen molar-refractivity contribution in [2.45, 2.75) is 117 Å². The molecule has 5 atom stereocenters. The van der Waals surface area contributed by atoms with E-state index < -0.39 is 40.4 Å². The normalized spacial score (nSPS) is 20.6. The zero-order chi connectivity index (χ0) is 103. The van der Waals surface area contributed by atoms with Gasteiger partial charge >= 0.3 is 6.18 Å². The fourth-order valence-electron chi connectivity index (χ4n) is 21.1. The van der Waals surface area contributed by atoms with E-state index in [9.17, 15) is 51.4 Å². The monoisotopic (exact) mass is 2020 g/mol. The van der Waals surface area contributed by atoms with Crippen molar-refractivity contribution >= 4 is 96.4 Å². The van der Waals surface area contributed by atoms with Crippen molar-refractivity contribution in [3.8, 4) is 62.4 Å².